The number of β-amino-alcohol motifs (C(OH)–C–C–N with tert-alkyl or cyclic N) is 1. The zero-order valence-corrected chi connectivity index (χ0v) is 8.26. The summed E-state index contributed by atoms with van der Waals surface area (Å²) in [7, 11) is 0. The lowest BCUT2D eigenvalue weighted by Gasteiger charge is -2.36. The van der Waals surface area contributed by atoms with Crippen LogP contribution in [0.25, 0.3) is 0 Å². The number of hydrogen-bond donors (Lipinski definition) is 2. The van der Waals surface area contributed by atoms with Crippen LogP contribution in [-0.2, 0) is 4.79 Å². The second-order valence-corrected chi connectivity index (χ2v) is 3.84. The van der Waals surface area contributed by atoms with Gasteiger partial charge in [0.2, 0.25) is 0 Å². The first kappa shape index (κ1) is 10.8. The van der Waals surface area contributed by atoms with E-state index in [2.05, 4.69) is 0 Å². The predicted molar refractivity (Wildman–Crippen MR) is 50.5 cm³/mol. The third kappa shape index (κ3) is 2.56. The van der Waals surface area contributed by atoms with Crippen molar-refractivity contribution in [3.05, 3.63) is 0 Å². The van der Waals surface area contributed by atoms with Crippen molar-refractivity contribution in [1.82, 2.24) is 4.90 Å². The van der Waals surface area contributed by atoms with Crippen LogP contribution in [0.2, 0.25) is 0 Å². The van der Waals surface area contributed by atoms with Gasteiger partial charge in [0.05, 0.1) is 0 Å². The zero-order valence-electron chi connectivity index (χ0n) is 7.50. The highest BCUT2D eigenvalue weighted by atomic mass is 35.5. The number of carbonyl (C=O) groups is 1. The molecular weight excluding hydrogens is 192 g/mol. The number of carbonyl (C=O) groups excluding carboxylic acids is 1. The van der Waals surface area contributed by atoms with Crippen LogP contribution in [0, 0.1) is 0 Å². The monoisotopic (exact) mass is 206 g/mol. The highest BCUT2D eigenvalue weighted by molar-refractivity contribution is 6.18. The maximum Gasteiger partial charge on any atom is 0.250 e. The lowest BCUT2D eigenvalue weighted by atomic mass is 9.92. The van der Waals surface area contributed by atoms with E-state index in [1.54, 1.807) is 0 Å². The highest BCUT2D eigenvalue weighted by Crippen LogP contribution is 2.20. The molecule has 1 atom stereocenters. The standard InChI is InChI=1S/C8H15ClN2O2/c9-3-5-11-4-1-2-8(13,6-11)7(10)12/h13H,1-6H2,(H2,10,12). The van der Waals surface area contributed by atoms with Crippen molar-refractivity contribution in [2.24, 2.45) is 5.73 Å². The summed E-state index contributed by atoms with van der Waals surface area (Å²) in [4.78, 5) is 12.9. The molecular formula is C8H15ClN2O2. The zero-order chi connectivity index (χ0) is 9.90. The van der Waals surface area contributed by atoms with Gasteiger partial charge in [0, 0.05) is 19.0 Å². The van der Waals surface area contributed by atoms with Crippen molar-refractivity contribution in [3.8, 4) is 0 Å². The van der Waals surface area contributed by atoms with Gasteiger partial charge in [-0.25, -0.2) is 0 Å². The number of hydrogen-bond acceptors (Lipinski definition) is 3. The molecule has 0 saturated carbocycles. The lowest BCUT2D eigenvalue weighted by Crippen LogP contribution is -2.56. The summed E-state index contributed by atoms with van der Waals surface area (Å²) < 4.78 is 0. The summed E-state index contributed by atoms with van der Waals surface area (Å²) in [5.41, 5.74) is 3.77. The molecule has 1 aliphatic heterocycles. The molecule has 1 saturated heterocycles. The van der Waals surface area contributed by atoms with Gasteiger partial charge in [0.25, 0.3) is 5.91 Å². The quantitative estimate of drug-likeness (QED) is 0.614. The van der Waals surface area contributed by atoms with Crippen molar-refractivity contribution >= 4 is 17.5 Å². The number of piperidine rings is 1. The SMILES string of the molecule is NC(=O)C1(O)CCCN(CCCl)C1. The van der Waals surface area contributed by atoms with Crippen LogP contribution in [-0.4, -0.2) is 47.0 Å². The van der Waals surface area contributed by atoms with E-state index in [0.29, 0.717) is 25.4 Å². The maximum atomic E-state index is 10.9. The first-order valence-electron chi connectivity index (χ1n) is 4.39. The fourth-order valence-corrected chi connectivity index (χ4v) is 1.87. The molecule has 0 aromatic heterocycles. The second kappa shape index (κ2) is 4.26. The number of alkyl halides is 1. The highest BCUT2D eigenvalue weighted by Gasteiger charge is 2.38. The summed E-state index contributed by atoms with van der Waals surface area (Å²) in [5.74, 6) is -0.124. The topological polar surface area (TPSA) is 66.6 Å². The summed E-state index contributed by atoms with van der Waals surface area (Å²) in [6.07, 6.45) is 1.25. The lowest BCUT2D eigenvalue weighted by molar-refractivity contribution is -0.141. The van der Waals surface area contributed by atoms with Crippen molar-refractivity contribution in [3.63, 3.8) is 0 Å². The Balaban J connectivity index is 2.54. The van der Waals surface area contributed by atoms with Gasteiger partial charge in [-0.15, -0.1) is 11.6 Å². The van der Waals surface area contributed by atoms with Crippen molar-refractivity contribution in [2.75, 3.05) is 25.5 Å². The van der Waals surface area contributed by atoms with Crippen LogP contribution in [0.1, 0.15) is 12.8 Å². The normalized spacial score (nSPS) is 30.3. The molecule has 0 aromatic rings. The van der Waals surface area contributed by atoms with E-state index in [1.807, 2.05) is 4.90 Å². The number of nitrogens with zero attached hydrogens (tertiary/aromatic N) is 1. The van der Waals surface area contributed by atoms with Crippen LogP contribution in [0.15, 0.2) is 0 Å². The van der Waals surface area contributed by atoms with Gasteiger partial charge >= 0.3 is 0 Å². The van der Waals surface area contributed by atoms with Gasteiger partial charge in [-0.3, -0.25) is 9.69 Å². The first-order chi connectivity index (χ1) is 6.08. The van der Waals surface area contributed by atoms with Crippen LogP contribution in [0.5, 0.6) is 0 Å². The van der Waals surface area contributed by atoms with Crippen molar-refractivity contribution in [2.45, 2.75) is 18.4 Å². The van der Waals surface area contributed by atoms with E-state index >= 15 is 0 Å². The Morgan fingerprint density at radius 3 is 2.92 bits per heavy atom. The summed E-state index contributed by atoms with van der Waals surface area (Å²) >= 11 is 5.57. The first-order valence-corrected chi connectivity index (χ1v) is 4.92. The van der Waals surface area contributed by atoms with Crippen LogP contribution in [0.3, 0.4) is 0 Å². The van der Waals surface area contributed by atoms with Gasteiger partial charge in [-0.05, 0) is 19.4 Å². The Labute approximate surface area is 82.6 Å². The van der Waals surface area contributed by atoms with Gasteiger partial charge < -0.3 is 10.8 Å². The molecule has 0 spiro atoms. The molecule has 13 heavy (non-hydrogen) atoms. The number of primary amides is 1. The molecule has 1 unspecified atom stereocenters. The van der Waals surface area contributed by atoms with Crippen LogP contribution < -0.4 is 5.73 Å². The minimum absolute atomic E-state index is 0.315. The van der Waals surface area contributed by atoms with E-state index in [4.69, 9.17) is 17.3 Å². The van der Waals surface area contributed by atoms with Crippen molar-refractivity contribution < 1.29 is 9.90 Å². The van der Waals surface area contributed by atoms with Crippen LogP contribution >= 0.6 is 11.6 Å². The molecule has 4 nitrogen and oxygen atoms in total. The second-order valence-electron chi connectivity index (χ2n) is 3.46. The number of halogens is 1. The number of amides is 1. The molecule has 0 bridgehead atoms. The molecule has 5 heteroatoms. The third-order valence-corrected chi connectivity index (χ3v) is 2.58. The third-order valence-electron chi connectivity index (χ3n) is 2.41. The minimum Gasteiger partial charge on any atom is -0.379 e. The number of likely N-dealkylation sites (tertiary alicyclic amines) is 1. The minimum atomic E-state index is -1.34. The smallest absolute Gasteiger partial charge is 0.250 e. The van der Waals surface area contributed by atoms with Crippen molar-refractivity contribution in [1.29, 1.82) is 0 Å². The Bertz CT molecular complexity index is 199. The van der Waals surface area contributed by atoms with E-state index in [1.165, 1.54) is 0 Å². The average molecular weight is 207 g/mol. The Morgan fingerprint density at radius 2 is 2.38 bits per heavy atom. The molecule has 1 fully saturated rings. The largest absolute Gasteiger partial charge is 0.379 e. The fourth-order valence-electron chi connectivity index (χ4n) is 1.63. The van der Waals surface area contributed by atoms with Gasteiger partial charge in [0.1, 0.15) is 0 Å². The predicted octanol–water partition coefficient (Wildman–Crippen LogP) is -0.463. The fraction of sp³-hybridized carbons (Fsp3) is 0.875. The molecule has 1 heterocycles. The summed E-state index contributed by atoms with van der Waals surface area (Å²) in [5, 5.41) is 9.79. The van der Waals surface area contributed by atoms with Gasteiger partial charge in [-0.2, -0.15) is 0 Å². The van der Waals surface area contributed by atoms with E-state index in [-0.39, 0.29) is 0 Å². The summed E-state index contributed by atoms with van der Waals surface area (Å²) in [6, 6.07) is 0. The number of aliphatic hydroxyl groups is 1. The molecule has 1 aliphatic rings. The molecule has 1 amide bonds. The summed E-state index contributed by atoms with van der Waals surface area (Å²) in [6.45, 7) is 1.88. The number of nitrogens with two attached hydrogens (primary N) is 1. The average Bonchev–Trinajstić information content (AvgIpc) is 2.04. The molecule has 76 valence electrons. The van der Waals surface area contributed by atoms with Gasteiger partial charge in [0.15, 0.2) is 5.60 Å². The molecule has 0 aromatic carbocycles. The molecule has 3 N–H and O–H groups in total. The van der Waals surface area contributed by atoms with Crippen LogP contribution in [0.4, 0.5) is 0 Å². The Kier molecular flexibility index (Phi) is 3.53. The van der Waals surface area contributed by atoms with E-state index in [9.17, 15) is 9.90 Å². The molecule has 0 aliphatic carbocycles. The molecule has 1 rings (SSSR count). The van der Waals surface area contributed by atoms with E-state index in [0.717, 1.165) is 13.0 Å². The van der Waals surface area contributed by atoms with E-state index < -0.39 is 11.5 Å². The van der Waals surface area contributed by atoms with Gasteiger partial charge in [-0.1, -0.05) is 0 Å². The Hall–Kier alpha value is -0.320. The Morgan fingerprint density at radius 1 is 1.69 bits per heavy atom. The molecule has 0 radical (unpaired) electrons. The number of rotatable bonds is 3. The maximum absolute atomic E-state index is 10.9.